The second-order valence-electron chi connectivity index (χ2n) is 10.2. The first-order chi connectivity index (χ1) is 10.8. The standard InChI is InChI=1S/C19H35NSi4/c1-21(2,3)24(22(4,5)6,23(7,8)9)20-19-16-12-14-17-13-10-11-15-18(17)19/h10-16,20H,1-9H3. The molecule has 0 amide bonds. The number of fused-ring (bicyclic) bond motifs is 1. The molecule has 0 unspecified atom stereocenters. The molecule has 132 valence electrons. The average molecular weight is 390 g/mol. The average Bonchev–Trinajstić information content (AvgIpc) is 2.40. The minimum absolute atomic E-state index is 1.33. The Morgan fingerprint density at radius 3 is 1.54 bits per heavy atom. The molecule has 5 heteroatoms. The van der Waals surface area contributed by atoms with Gasteiger partial charge in [-0.15, -0.1) is 0 Å². The van der Waals surface area contributed by atoms with Gasteiger partial charge in [0.05, 0.1) is 22.8 Å². The molecule has 0 saturated carbocycles. The molecule has 2 aromatic rings. The fraction of sp³-hybridized carbons (Fsp3) is 0.474. The molecule has 0 bridgehead atoms. The topological polar surface area (TPSA) is 12.0 Å². The summed E-state index contributed by atoms with van der Waals surface area (Å²) in [5.41, 5.74) is 1.40. The predicted octanol–water partition coefficient (Wildman–Crippen LogP) is 6.45. The van der Waals surface area contributed by atoms with E-state index in [2.05, 4.69) is 106 Å². The van der Waals surface area contributed by atoms with E-state index in [0.29, 0.717) is 0 Å². The van der Waals surface area contributed by atoms with Crippen LogP contribution in [0.25, 0.3) is 10.8 Å². The van der Waals surface area contributed by atoms with Gasteiger partial charge in [0.25, 0.3) is 0 Å². The third-order valence-corrected chi connectivity index (χ3v) is 74.8. The Morgan fingerprint density at radius 1 is 0.583 bits per heavy atom. The molecule has 0 aromatic heterocycles. The third kappa shape index (κ3) is 3.23. The Morgan fingerprint density at radius 2 is 1.04 bits per heavy atom. The lowest BCUT2D eigenvalue weighted by Crippen LogP contribution is -2.86. The maximum atomic E-state index is 4.38. The molecule has 0 atom stereocenters. The van der Waals surface area contributed by atoms with Crippen LogP contribution in [0.1, 0.15) is 0 Å². The molecule has 0 heterocycles. The number of benzene rings is 2. The van der Waals surface area contributed by atoms with E-state index in [1.165, 1.54) is 16.5 Å². The number of rotatable bonds is 5. The second kappa shape index (κ2) is 6.27. The van der Waals surface area contributed by atoms with E-state index in [0.717, 1.165) is 0 Å². The van der Waals surface area contributed by atoms with Crippen LogP contribution in [0.2, 0.25) is 58.9 Å². The van der Waals surface area contributed by atoms with Crippen LogP contribution >= 0.6 is 0 Å². The summed E-state index contributed by atoms with van der Waals surface area (Å²) in [5, 5.41) is 2.75. The van der Waals surface area contributed by atoms with E-state index >= 15 is 0 Å². The molecule has 0 fully saturated rings. The maximum Gasteiger partial charge on any atom is 0.122 e. The Bertz CT molecular complexity index is 679. The number of hydrogen-bond acceptors (Lipinski definition) is 1. The van der Waals surface area contributed by atoms with Crippen LogP contribution in [0.15, 0.2) is 42.5 Å². The highest BCUT2D eigenvalue weighted by Gasteiger charge is 2.62. The zero-order valence-corrected chi connectivity index (χ0v) is 21.0. The first-order valence-corrected chi connectivity index (χ1v) is 24.6. The van der Waals surface area contributed by atoms with Crippen LogP contribution < -0.4 is 4.98 Å². The lowest BCUT2D eigenvalue weighted by Gasteiger charge is -2.57. The fourth-order valence-electron chi connectivity index (χ4n) is 5.47. The van der Waals surface area contributed by atoms with Gasteiger partial charge >= 0.3 is 0 Å². The van der Waals surface area contributed by atoms with Crippen molar-refractivity contribution in [3.8, 4) is 0 Å². The van der Waals surface area contributed by atoms with Crippen LogP contribution in [0.4, 0.5) is 5.69 Å². The quantitative estimate of drug-likeness (QED) is 0.579. The van der Waals surface area contributed by atoms with Gasteiger partial charge in [-0.3, -0.25) is 0 Å². The van der Waals surface area contributed by atoms with Gasteiger partial charge in [-0.2, -0.15) is 0 Å². The van der Waals surface area contributed by atoms with Crippen LogP contribution in [0.5, 0.6) is 0 Å². The highest BCUT2D eigenvalue weighted by Crippen LogP contribution is 2.39. The molecular weight excluding hydrogens is 355 g/mol. The summed E-state index contributed by atoms with van der Waals surface area (Å²) >= 11 is 0. The smallest absolute Gasteiger partial charge is 0.122 e. The minimum atomic E-state index is -1.59. The summed E-state index contributed by atoms with van der Waals surface area (Å²) in [4.78, 5) is 4.38. The largest absolute Gasteiger partial charge is 0.416 e. The van der Waals surface area contributed by atoms with Crippen molar-refractivity contribution in [2.75, 3.05) is 4.98 Å². The first kappa shape index (κ1) is 19.7. The van der Waals surface area contributed by atoms with Crippen molar-refractivity contribution in [3.63, 3.8) is 0 Å². The summed E-state index contributed by atoms with van der Waals surface area (Å²) in [5.74, 6) is 0. The highest BCUT2D eigenvalue weighted by atomic mass is 29.9. The zero-order chi connectivity index (χ0) is 18.4. The van der Waals surface area contributed by atoms with Crippen molar-refractivity contribution >= 4 is 46.0 Å². The summed E-state index contributed by atoms with van der Waals surface area (Å²) < 4.78 is 0. The van der Waals surface area contributed by atoms with Crippen LogP contribution in [0, 0.1) is 0 Å². The molecular formula is C19H35NSi4. The van der Waals surface area contributed by atoms with Crippen LogP contribution in [-0.4, -0.2) is 29.6 Å². The van der Waals surface area contributed by atoms with Gasteiger partial charge in [-0.05, 0) is 11.5 Å². The van der Waals surface area contributed by atoms with Crippen LogP contribution in [0.3, 0.4) is 0 Å². The number of nitrogens with one attached hydrogen (secondary N) is 1. The molecule has 0 aliphatic rings. The van der Waals surface area contributed by atoms with Crippen molar-refractivity contribution in [3.05, 3.63) is 42.5 Å². The van der Waals surface area contributed by atoms with E-state index in [9.17, 15) is 0 Å². The summed E-state index contributed by atoms with van der Waals surface area (Å²) in [6.07, 6.45) is 0. The van der Waals surface area contributed by atoms with Crippen molar-refractivity contribution < 1.29 is 0 Å². The SMILES string of the molecule is C[Si](C)(C)[Si](Nc1cccc2ccccc12)([Si](C)(C)C)[Si](C)(C)C. The lowest BCUT2D eigenvalue weighted by molar-refractivity contribution is 1.65. The van der Waals surface area contributed by atoms with E-state index in [1.807, 2.05) is 0 Å². The van der Waals surface area contributed by atoms with Gasteiger partial charge in [0.15, 0.2) is 0 Å². The molecule has 0 aliphatic heterocycles. The molecule has 24 heavy (non-hydrogen) atoms. The van der Waals surface area contributed by atoms with E-state index in [4.69, 9.17) is 0 Å². The van der Waals surface area contributed by atoms with Crippen LogP contribution in [-0.2, 0) is 0 Å². The highest BCUT2D eigenvalue weighted by molar-refractivity contribution is 7.90. The monoisotopic (exact) mass is 389 g/mol. The normalized spacial score (nSPS) is 14.0. The number of hydrogen-bond donors (Lipinski definition) is 1. The minimum Gasteiger partial charge on any atom is -0.416 e. The van der Waals surface area contributed by atoms with Gasteiger partial charge in [-0.1, -0.05) is 95.3 Å². The Hall–Kier alpha value is -0.632. The van der Waals surface area contributed by atoms with Gasteiger partial charge < -0.3 is 4.98 Å². The second-order valence-corrected chi connectivity index (χ2v) is 50.2. The van der Waals surface area contributed by atoms with E-state index in [1.54, 1.807) is 0 Å². The van der Waals surface area contributed by atoms with Gasteiger partial charge in [-0.25, -0.2) is 0 Å². The molecule has 1 nitrogen and oxygen atoms in total. The van der Waals surface area contributed by atoms with Gasteiger partial charge in [0.1, 0.15) is 6.79 Å². The molecule has 0 saturated heterocycles. The Labute approximate surface area is 152 Å². The van der Waals surface area contributed by atoms with Gasteiger partial charge in [0.2, 0.25) is 0 Å². The van der Waals surface area contributed by atoms with Gasteiger partial charge in [0, 0.05) is 11.1 Å². The summed E-state index contributed by atoms with van der Waals surface area (Å²) in [6.45, 7) is 22.1. The summed E-state index contributed by atoms with van der Waals surface area (Å²) in [7, 11) is -3.98. The Kier molecular flexibility index (Phi) is 5.14. The summed E-state index contributed by atoms with van der Waals surface area (Å²) in [6, 6.07) is 15.6. The molecule has 0 aliphatic carbocycles. The third-order valence-electron chi connectivity index (χ3n) is 5.49. The fourth-order valence-corrected chi connectivity index (χ4v) is 99.6. The molecule has 2 rings (SSSR count). The lowest BCUT2D eigenvalue weighted by atomic mass is 10.1. The van der Waals surface area contributed by atoms with Crippen molar-refractivity contribution in [1.29, 1.82) is 0 Å². The predicted molar refractivity (Wildman–Crippen MR) is 123 cm³/mol. The van der Waals surface area contributed by atoms with Crippen molar-refractivity contribution in [2.24, 2.45) is 0 Å². The maximum absolute atomic E-state index is 4.38. The molecule has 0 spiro atoms. The number of anilines is 1. The van der Waals surface area contributed by atoms with E-state index in [-0.39, 0.29) is 0 Å². The van der Waals surface area contributed by atoms with E-state index < -0.39 is 29.6 Å². The molecule has 2 aromatic carbocycles. The molecule has 0 radical (unpaired) electrons. The van der Waals surface area contributed by atoms with Crippen molar-refractivity contribution in [1.82, 2.24) is 0 Å². The zero-order valence-electron chi connectivity index (χ0n) is 17.0. The Balaban J connectivity index is 2.74. The first-order valence-electron chi connectivity index (χ1n) is 9.07. The molecule has 1 N–H and O–H groups in total. The van der Waals surface area contributed by atoms with Crippen molar-refractivity contribution in [2.45, 2.75) is 58.9 Å².